The Bertz CT molecular complexity index is 326. The lowest BCUT2D eigenvalue weighted by Gasteiger charge is -2.33. The summed E-state index contributed by atoms with van der Waals surface area (Å²) in [6.07, 6.45) is 1.07. The van der Waals surface area contributed by atoms with E-state index in [-0.39, 0.29) is 24.5 Å². The molecule has 1 amide bonds. The van der Waals surface area contributed by atoms with Crippen LogP contribution in [0.25, 0.3) is 0 Å². The lowest BCUT2D eigenvalue weighted by Crippen LogP contribution is -2.44. The molecule has 0 spiro atoms. The summed E-state index contributed by atoms with van der Waals surface area (Å²) < 4.78 is 9.95. The summed E-state index contributed by atoms with van der Waals surface area (Å²) >= 11 is 0. The Morgan fingerprint density at radius 1 is 1.35 bits per heavy atom. The van der Waals surface area contributed by atoms with Crippen molar-refractivity contribution in [3.63, 3.8) is 0 Å². The van der Waals surface area contributed by atoms with Crippen LogP contribution >= 0.6 is 0 Å². The first-order valence-corrected chi connectivity index (χ1v) is 7.14. The van der Waals surface area contributed by atoms with Crippen LogP contribution in [0, 0.1) is 5.92 Å². The third kappa shape index (κ3) is 4.76. The van der Waals surface area contributed by atoms with Crippen LogP contribution in [0.4, 0.5) is 0 Å². The molecule has 1 aliphatic rings. The van der Waals surface area contributed by atoms with Crippen LogP contribution in [0.3, 0.4) is 0 Å². The van der Waals surface area contributed by atoms with Crippen molar-refractivity contribution < 1.29 is 24.2 Å². The fourth-order valence-corrected chi connectivity index (χ4v) is 2.20. The molecule has 0 aromatic carbocycles. The van der Waals surface area contributed by atoms with Gasteiger partial charge < -0.3 is 19.5 Å². The Morgan fingerprint density at radius 3 is 2.45 bits per heavy atom. The van der Waals surface area contributed by atoms with Crippen LogP contribution < -0.4 is 0 Å². The molecule has 1 N–H and O–H groups in total. The summed E-state index contributed by atoms with van der Waals surface area (Å²) in [6.45, 7) is 5.13. The SMILES string of the molecule is CCC(C)OCC(=O)N1CCC(C(O)C(=O)OC)CC1. The summed E-state index contributed by atoms with van der Waals surface area (Å²) in [4.78, 5) is 24.9. The zero-order valence-electron chi connectivity index (χ0n) is 12.5. The van der Waals surface area contributed by atoms with Crippen molar-refractivity contribution in [1.82, 2.24) is 4.90 Å². The van der Waals surface area contributed by atoms with Gasteiger partial charge in [-0.2, -0.15) is 0 Å². The van der Waals surface area contributed by atoms with Gasteiger partial charge in [0.2, 0.25) is 5.91 Å². The van der Waals surface area contributed by atoms with E-state index in [1.165, 1.54) is 7.11 Å². The van der Waals surface area contributed by atoms with Gasteiger partial charge in [-0.05, 0) is 32.1 Å². The third-order valence-corrected chi connectivity index (χ3v) is 3.85. The quantitative estimate of drug-likeness (QED) is 0.723. The molecule has 116 valence electrons. The number of esters is 1. The van der Waals surface area contributed by atoms with Gasteiger partial charge in [0.05, 0.1) is 13.2 Å². The van der Waals surface area contributed by atoms with Gasteiger partial charge in [0, 0.05) is 13.1 Å². The molecule has 0 bridgehead atoms. The number of nitrogens with zero attached hydrogens (tertiary/aromatic N) is 1. The first-order valence-electron chi connectivity index (χ1n) is 7.14. The maximum atomic E-state index is 11.9. The maximum absolute atomic E-state index is 11.9. The fourth-order valence-electron chi connectivity index (χ4n) is 2.20. The summed E-state index contributed by atoms with van der Waals surface area (Å²) in [5.74, 6) is -0.770. The van der Waals surface area contributed by atoms with Gasteiger partial charge in [0.1, 0.15) is 6.61 Å². The molecule has 6 nitrogen and oxygen atoms in total. The first-order chi connectivity index (χ1) is 9.49. The maximum Gasteiger partial charge on any atom is 0.334 e. The van der Waals surface area contributed by atoms with Crippen LogP contribution in [0.15, 0.2) is 0 Å². The van der Waals surface area contributed by atoms with E-state index in [0.29, 0.717) is 25.9 Å². The van der Waals surface area contributed by atoms with E-state index >= 15 is 0 Å². The molecule has 2 unspecified atom stereocenters. The molecule has 0 radical (unpaired) electrons. The Balaban J connectivity index is 2.34. The lowest BCUT2D eigenvalue weighted by molar-refractivity contribution is -0.155. The minimum Gasteiger partial charge on any atom is -0.467 e. The van der Waals surface area contributed by atoms with Gasteiger partial charge in [-0.15, -0.1) is 0 Å². The second kappa shape index (κ2) is 8.21. The zero-order chi connectivity index (χ0) is 15.1. The number of carbonyl (C=O) groups excluding carboxylic acids is 2. The zero-order valence-corrected chi connectivity index (χ0v) is 12.5. The molecule has 0 aromatic heterocycles. The van der Waals surface area contributed by atoms with Gasteiger partial charge in [-0.1, -0.05) is 6.92 Å². The van der Waals surface area contributed by atoms with E-state index in [9.17, 15) is 14.7 Å². The number of rotatable bonds is 6. The first kappa shape index (κ1) is 16.9. The van der Waals surface area contributed by atoms with Crippen LogP contribution in [-0.4, -0.2) is 60.9 Å². The van der Waals surface area contributed by atoms with Crippen molar-refractivity contribution in [2.24, 2.45) is 5.92 Å². The molecule has 6 heteroatoms. The number of hydrogen-bond donors (Lipinski definition) is 1. The van der Waals surface area contributed by atoms with Crippen molar-refractivity contribution in [3.05, 3.63) is 0 Å². The van der Waals surface area contributed by atoms with Crippen LogP contribution in [0.5, 0.6) is 0 Å². The minimum absolute atomic E-state index is 0.0312. The van der Waals surface area contributed by atoms with E-state index < -0.39 is 12.1 Å². The summed E-state index contributed by atoms with van der Waals surface area (Å²) in [7, 11) is 1.26. The molecule has 2 atom stereocenters. The summed E-state index contributed by atoms with van der Waals surface area (Å²) in [6, 6.07) is 0. The van der Waals surface area contributed by atoms with E-state index in [2.05, 4.69) is 4.74 Å². The molecule has 1 heterocycles. The Kier molecular flexibility index (Phi) is 6.95. The number of aliphatic hydroxyl groups excluding tert-OH is 1. The van der Waals surface area contributed by atoms with Crippen molar-refractivity contribution in [2.75, 3.05) is 26.8 Å². The highest BCUT2D eigenvalue weighted by Crippen LogP contribution is 2.21. The predicted molar refractivity (Wildman–Crippen MR) is 73.0 cm³/mol. The number of ether oxygens (including phenoxy) is 2. The van der Waals surface area contributed by atoms with Crippen molar-refractivity contribution in [1.29, 1.82) is 0 Å². The van der Waals surface area contributed by atoms with Gasteiger partial charge in [-0.3, -0.25) is 4.79 Å². The van der Waals surface area contributed by atoms with Gasteiger partial charge in [0.15, 0.2) is 6.10 Å². The smallest absolute Gasteiger partial charge is 0.334 e. The minimum atomic E-state index is -1.09. The number of aliphatic hydroxyl groups is 1. The lowest BCUT2D eigenvalue weighted by atomic mass is 9.91. The molecule has 1 rings (SSSR count). The highest BCUT2D eigenvalue weighted by Gasteiger charge is 2.31. The number of likely N-dealkylation sites (tertiary alicyclic amines) is 1. The van der Waals surface area contributed by atoms with Crippen molar-refractivity contribution in [3.8, 4) is 0 Å². The van der Waals surface area contributed by atoms with Crippen LogP contribution in [0.2, 0.25) is 0 Å². The molecule has 0 saturated carbocycles. The van der Waals surface area contributed by atoms with E-state index in [1.807, 2.05) is 13.8 Å². The van der Waals surface area contributed by atoms with E-state index in [4.69, 9.17) is 4.74 Å². The fraction of sp³-hybridized carbons (Fsp3) is 0.857. The molecular formula is C14H25NO5. The van der Waals surface area contributed by atoms with Crippen LogP contribution in [0.1, 0.15) is 33.1 Å². The number of hydrogen-bond acceptors (Lipinski definition) is 5. The second-order valence-electron chi connectivity index (χ2n) is 5.22. The molecule has 0 aliphatic carbocycles. The normalized spacial score (nSPS) is 19.5. The van der Waals surface area contributed by atoms with Crippen molar-refractivity contribution >= 4 is 11.9 Å². The number of piperidine rings is 1. The number of methoxy groups -OCH3 is 1. The largest absolute Gasteiger partial charge is 0.467 e. The molecule has 1 fully saturated rings. The van der Waals surface area contributed by atoms with Gasteiger partial charge >= 0.3 is 5.97 Å². The summed E-state index contributed by atoms with van der Waals surface area (Å²) in [5, 5.41) is 9.77. The van der Waals surface area contributed by atoms with Crippen molar-refractivity contribution in [2.45, 2.75) is 45.3 Å². The summed E-state index contributed by atoms with van der Waals surface area (Å²) in [5.41, 5.74) is 0. The second-order valence-corrected chi connectivity index (χ2v) is 5.22. The highest BCUT2D eigenvalue weighted by atomic mass is 16.5. The topological polar surface area (TPSA) is 76.1 Å². The Hall–Kier alpha value is -1.14. The monoisotopic (exact) mass is 287 g/mol. The average Bonchev–Trinajstić information content (AvgIpc) is 2.50. The standard InChI is InChI=1S/C14H25NO5/c1-4-10(2)20-9-12(16)15-7-5-11(6-8-15)13(17)14(18)19-3/h10-11,13,17H,4-9H2,1-3H3. The molecule has 20 heavy (non-hydrogen) atoms. The van der Waals surface area contributed by atoms with Gasteiger partial charge in [0.25, 0.3) is 0 Å². The van der Waals surface area contributed by atoms with E-state index in [0.717, 1.165) is 6.42 Å². The predicted octanol–water partition coefficient (Wildman–Crippen LogP) is 0.574. The Morgan fingerprint density at radius 2 is 1.95 bits per heavy atom. The number of carbonyl (C=O) groups is 2. The average molecular weight is 287 g/mol. The van der Waals surface area contributed by atoms with Crippen LogP contribution in [-0.2, 0) is 19.1 Å². The third-order valence-electron chi connectivity index (χ3n) is 3.85. The van der Waals surface area contributed by atoms with Gasteiger partial charge in [-0.25, -0.2) is 4.79 Å². The highest BCUT2D eigenvalue weighted by molar-refractivity contribution is 5.77. The van der Waals surface area contributed by atoms with E-state index in [1.54, 1.807) is 4.90 Å². The molecule has 1 saturated heterocycles. The molecule has 0 aromatic rings. The Labute approximate surface area is 120 Å². The molecule has 1 aliphatic heterocycles. The molecular weight excluding hydrogens is 262 g/mol. The number of amides is 1.